The maximum absolute atomic E-state index is 11.8. The molecule has 0 spiro atoms. The van der Waals surface area contributed by atoms with Crippen molar-refractivity contribution in [3.05, 3.63) is 71.8 Å². The molecule has 0 amide bonds. The van der Waals surface area contributed by atoms with E-state index in [1.54, 1.807) is 6.92 Å². The molecule has 104 valence electrons. The minimum absolute atomic E-state index is 0.00380. The molecule has 0 saturated heterocycles. The van der Waals surface area contributed by atoms with E-state index in [0.717, 1.165) is 11.1 Å². The summed E-state index contributed by atoms with van der Waals surface area (Å²) in [6, 6.07) is 19.2. The van der Waals surface area contributed by atoms with E-state index in [1.807, 2.05) is 60.7 Å². The Morgan fingerprint density at radius 1 is 1.00 bits per heavy atom. The Kier molecular flexibility index (Phi) is 4.91. The fourth-order valence-electron chi connectivity index (χ4n) is 2.00. The molecule has 1 N–H and O–H groups in total. The van der Waals surface area contributed by atoms with Gasteiger partial charge in [0.2, 0.25) is 0 Å². The normalized spacial score (nSPS) is 12.2. The average molecular weight is 270 g/mol. The Bertz CT molecular complexity index is 495. The lowest BCUT2D eigenvalue weighted by atomic mass is 10.0. The summed E-state index contributed by atoms with van der Waals surface area (Å²) in [7, 11) is 0. The lowest BCUT2D eigenvalue weighted by molar-refractivity contribution is -0.149. The molecule has 0 aliphatic carbocycles. The molecule has 0 aliphatic heterocycles. The van der Waals surface area contributed by atoms with Crippen molar-refractivity contribution >= 4 is 5.97 Å². The summed E-state index contributed by atoms with van der Waals surface area (Å²) in [6.45, 7) is 1.57. The molecular weight excluding hydrogens is 252 g/mol. The summed E-state index contributed by atoms with van der Waals surface area (Å²) in [4.78, 5) is 11.8. The predicted molar refractivity (Wildman–Crippen MR) is 77.1 cm³/mol. The molecular formula is C17H18O3. The number of esters is 1. The number of aliphatic hydroxyl groups excluding tert-OH is 1. The van der Waals surface area contributed by atoms with Gasteiger partial charge in [-0.15, -0.1) is 0 Å². The van der Waals surface area contributed by atoms with Crippen LogP contribution in [0.2, 0.25) is 0 Å². The number of hydrogen-bond donors (Lipinski definition) is 1. The SMILES string of the molecule is C[C@@H](O)CC(=O)OC(c1ccccc1)c1ccccc1. The standard InChI is InChI=1S/C17H18O3/c1-13(18)12-16(19)20-17(14-8-4-2-5-9-14)15-10-6-3-7-11-15/h2-11,13,17-18H,12H2,1H3/t13-/m1/s1. The Balaban J connectivity index is 2.24. The first-order chi connectivity index (χ1) is 9.66. The second-order valence-electron chi connectivity index (χ2n) is 4.74. The largest absolute Gasteiger partial charge is 0.452 e. The van der Waals surface area contributed by atoms with Crippen LogP contribution in [0.25, 0.3) is 0 Å². The Morgan fingerprint density at radius 2 is 1.45 bits per heavy atom. The van der Waals surface area contributed by atoms with E-state index in [2.05, 4.69) is 0 Å². The summed E-state index contributed by atoms with van der Waals surface area (Å²) in [5.74, 6) is -0.405. The molecule has 2 aromatic rings. The molecule has 0 radical (unpaired) electrons. The molecule has 0 aliphatic rings. The summed E-state index contributed by atoms with van der Waals surface area (Å²) in [6.07, 6.45) is -1.14. The van der Waals surface area contributed by atoms with Gasteiger partial charge in [0, 0.05) is 0 Å². The van der Waals surface area contributed by atoms with E-state index in [1.165, 1.54) is 0 Å². The minimum atomic E-state index is -0.699. The Morgan fingerprint density at radius 3 is 1.85 bits per heavy atom. The monoisotopic (exact) mass is 270 g/mol. The van der Waals surface area contributed by atoms with Crippen LogP contribution in [-0.4, -0.2) is 17.2 Å². The van der Waals surface area contributed by atoms with Gasteiger partial charge in [-0.1, -0.05) is 60.7 Å². The van der Waals surface area contributed by atoms with Gasteiger partial charge in [-0.05, 0) is 18.1 Å². The van der Waals surface area contributed by atoms with Crippen LogP contribution >= 0.6 is 0 Å². The molecule has 0 fully saturated rings. The molecule has 20 heavy (non-hydrogen) atoms. The van der Waals surface area contributed by atoms with Crippen LogP contribution in [0.5, 0.6) is 0 Å². The maximum Gasteiger partial charge on any atom is 0.309 e. The van der Waals surface area contributed by atoms with Crippen molar-refractivity contribution in [2.45, 2.75) is 25.6 Å². The molecule has 3 heteroatoms. The van der Waals surface area contributed by atoms with Gasteiger partial charge in [-0.2, -0.15) is 0 Å². The van der Waals surface area contributed by atoms with Crippen LogP contribution in [0.4, 0.5) is 0 Å². The first-order valence-corrected chi connectivity index (χ1v) is 6.64. The van der Waals surface area contributed by atoms with E-state index >= 15 is 0 Å². The summed E-state index contributed by atoms with van der Waals surface area (Å²) < 4.78 is 5.53. The van der Waals surface area contributed by atoms with Crippen molar-refractivity contribution in [2.24, 2.45) is 0 Å². The molecule has 0 unspecified atom stereocenters. The highest BCUT2D eigenvalue weighted by Crippen LogP contribution is 2.26. The zero-order valence-corrected chi connectivity index (χ0v) is 11.4. The average Bonchev–Trinajstić information content (AvgIpc) is 2.46. The third kappa shape index (κ3) is 3.93. The van der Waals surface area contributed by atoms with Gasteiger partial charge >= 0.3 is 5.97 Å². The van der Waals surface area contributed by atoms with Crippen molar-refractivity contribution in [1.29, 1.82) is 0 Å². The summed E-state index contributed by atoms with van der Waals surface area (Å²) in [5.41, 5.74) is 1.83. The van der Waals surface area contributed by atoms with Crippen LogP contribution in [0.1, 0.15) is 30.6 Å². The number of carbonyl (C=O) groups is 1. The predicted octanol–water partition coefficient (Wildman–Crippen LogP) is 3.09. The van der Waals surface area contributed by atoms with Crippen molar-refractivity contribution in [1.82, 2.24) is 0 Å². The first kappa shape index (κ1) is 14.3. The molecule has 0 aromatic heterocycles. The maximum atomic E-state index is 11.8. The fraction of sp³-hybridized carbons (Fsp3) is 0.235. The highest BCUT2D eigenvalue weighted by atomic mass is 16.5. The first-order valence-electron chi connectivity index (χ1n) is 6.64. The van der Waals surface area contributed by atoms with Gasteiger partial charge in [0.25, 0.3) is 0 Å². The minimum Gasteiger partial charge on any atom is -0.452 e. The van der Waals surface area contributed by atoms with Crippen LogP contribution < -0.4 is 0 Å². The van der Waals surface area contributed by atoms with E-state index in [4.69, 9.17) is 4.74 Å². The number of carbonyl (C=O) groups excluding carboxylic acids is 1. The lowest BCUT2D eigenvalue weighted by Crippen LogP contribution is -2.17. The van der Waals surface area contributed by atoms with Gasteiger partial charge in [-0.3, -0.25) is 4.79 Å². The molecule has 0 bridgehead atoms. The van der Waals surface area contributed by atoms with Gasteiger partial charge < -0.3 is 9.84 Å². The molecule has 1 atom stereocenters. The van der Waals surface area contributed by atoms with Crippen molar-refractivity contribution in [2.75, 3.05) is 0 Å². The van der Waals surface area contributed by atoms with Crippen molar-refractivity contribution < 1.29 is 14.6 Å². The number of ether oxygens (including phenoxy) is 1. The third-order valence-corrected chi connectivity index (χ3v) is 2.92. The molecule has 2 rings (SSSR count). The van der Waals surface area contributed by atoms with E-state index in [9.17, 15) is 9.90 Å². The van der Waals surface area contributed by atoms with E-state index in [-0.39, 0.29) is 6.42 Å². The van der Waals surface area contributed by atoms with Crippen LogP contribution in [0, 0.1) is 0 Å². The Hall–Kier alpha value is -2.13. The second-order valence-corrected chi connectivity index (χ2v) is 4.74. The van der Waals surface area contributed by atoms with E-state index in [0.29, 0.717) is 0 Å². The second kappa shape index (κ2) is 6.87. The smallest absolute Gasteiger partial charge is 0.309 e. The number of rotatable bonds is 5. The van der Waals surface area contributed by atoms with Gasteiger partial charge in [0.15, 0.2) is 6.10 Å². The van der Waals surface area contributed by atoms with Crippen molar-refractivity contribution in [3.8, 4) is 0 Å². The fourth-order valence-corrected chi connectivity index (χ4v) is 2.00. The quantitative estimate of drug-likeness (QED) is 0.849. The highest BCUT2D eigenvalue weighted by Gasteiger charge is 2.19. The molecule has 0 saturated carbocycles. The van der Waals surface area contributed by atoms with E-state index < -0.39 is 18.2 Å². The Labute approximate surface area is 118 Å². The zero-order chi connectivity index (χ0) is 14.4. The number of hydrogen-bond acceptors (Lipinski definition) is 3. The molecule has 2 aromatic carbocycles. The van der Waals surface area contributed by atoms with Crippen LogP contribution in [-0.2, 0) is 9.53 Å². The molecule has 3 nitrogen and oxygen atoms in total. The van der Waals surface area contributed by atoms with Gasteiger partial charge in [-0.25, -0.2) is 0 Å². The van der Waals surface area contributed by atoms with Gasteiger partial charge in [0.1, 0.15) is 0 Å². The van der Waals surface area contributed by atoms with Crippen LogP contribution in [0.3, 0.4) is 0 Å². The zero-order valence-electron chi connectivity index (χ0n) is 11.4. The molecule has 0 heterocycles. The van der Waals surface area contributed by atoms with Crippen LogP contribution in [0.15, 0.2) is 60.7 Å². The summed E-state index contributed by atoms with van der Waals surface area (Å²) >= 11 is 0. The third-order valence-electron chi connectivity index (χ3n) is 2.92. The lowest BCUT2D eigenvalue weighted by Gasteiger charge is -2.19. The topological polar surface area (TPSA) is 46.5 Å². The van der Waals surface area contributed by atoms with Gasteiger partial charge in [0.05, 0.1) is 12.5 Å². The number of benzene rings is 2. The highest BCUT2D eigenvalue weighted by molar-refractivity contribution is 5.70. The van der Waals surface area contributed by atoms with Crippen molar-refractivity contribution in [3.63, 3.8) is 0 Å². The number of aliphatic hydroxyl groups is 1. The summed E-state index contributed by atoms with van der Waals surface area (Å²) in [5, 5.41) is 9.28.